The van der Waals surface area contributed by atoms with Crippen molar-refractivity contribution in [3.8, 4) is 0 Å². The Hall–Kier alpha value is -1.34. The van der Waals surface area contributed by atoms with Crippen molar-refractivity contribution in [2.75, 3.05) is 13.2 Å². The number of rotatable bonds is 13. The quantitative estimate of drug-likeness (QED) is 0.425. The molecule has 2 aromatic heterocycles. The summed E-state index contributed by atoms with van der Waals surface area (Å²) in [5.41, 5.74) is -0.0789. The predicted molar refractivity (Wildman–Crippen MR) is 136 cm³/mol. The van der Waals surface area contributed by atoms with Gasteiger partial charge in [-0.1, -0.05) is 27.7 Å². The van der Waals surface area contributed by atoms with Gasteiger partial charge in [0.15, 0.2) is 10.9 Å². The van der Waals surface area contributed by atoms with Gasteiger partial charge in [-0.15, -0.1) is 22.7 Å². The third-order valence-corrected chi connectivity index (χ3v) is 8.10. The van der Waals surface area contributed by atoms with Crippen molar-refractivity contribution in [1.29, 1.82) is 0 Å². The van der Waals surface area contributed by atoms with Crippen molar-refractivity contribution in [3.05, 3.63) is 64.2 Å². The van der Waals surface area contributed by atoms with Crippen LogP contribution in [0, 0.1) is 10.8 Å². The first-order chi connectivity index (χ1) is 15.0. The summed E-state index contributed by atoms with van der Waals surface area (Å²) in [5.74, 6) is 0. The largest absolute Gasteiger partial charge is 0.396 e. The van der Waals surface area contributed by atoms with Gasteiger partial charge >= 0.3 is 0 Å². The first-order valence-corrected chi connectivity index (χ1v) is 13.1. The van der Waals surface area contributed by atoms with E-state index in [4.69, 9.17) is 0 Å². The summed E-state index contributed by atoms with van der Waals surface area (Å²) in [6.07, 6.45) is 6.96. The first kappa shape index (κ1) is 26.9. The zero-order valence-corrected chi connectivity index (χ0v) is 21.5. The van der Waals surface area contributed by atoms with Crippen LogP contribution in [0.1, 0.15) is 72.9 Å². The van der Waals surface area contributed by atoms with Crippen molar-refractivity contribution in [2.45, 2.75) is 79.1 Å². The highest BCUT2D eigenvalue weighted by Crippen LogP contribution is 2.25. The van der Waals surface area contributed by atoms with E-state index >= 15 is 0 Å². The minimum absolute atomic E-state index is 0.0450. The Morgan fingerprint density at radius 1 is 0.625 bits per heavy atom. The van der Waals surface area contributed by atoms with E-state index in [1.807, 2.05) is 0 Å². The second-order valence-electron chi connectivity index (χ2n) is 10.3. The summed E-state index contributed by atoms with van der Waals surface area (Å²) in [5, 5.41) is 18.8. The highest BCUT2D eigenvalue weighted by molar-refractivity contribution is 7.12. The van der Waals surface area contributed by atoms with Crippen molar-refractivity contribution in [3.63, 3.8) is 0 Å². The molecule has 0 bridgehead atoms. The molecule has 0 fully saturated rings. The van der Waals surface area contributed by atoms with Crippen molar-refractivity contribution in [2.24, 2.45) is 10.8 Å². The number of aliphatic hydroxyl groups excluding tert-OH is 2. The lowest BCUT2D eigenvalue weighted by molar-refractivity contribution is 0.148. The van der Waals surface area contributed by atoms with Gasteiger partial charge in [0.1, 0.15) is 0 Å². The molecule has 0 aliphatic carbocycles. The van der Waals surface area contributed by atoms with Gasteiger partial charge in [-0.05, 0) is 86.5 Å². The van der Waals surface area contributed by atoms with Crippen LogP contribution < -0.4 is 10.9 Å². The highest BCUT2D eigenvalue weighted by atomic mass is 32.1. The molecule has 0 atom stereocenters. The van der Waals surface area contributed by atoms with Gasteiger partial charge in [-0.2, -0.15) is 0 Å². The Kier molecular flexibility index (Phi) is 10.3. The molecule has 2 aromatic rings. The fraction of sp³-hybridized carbons (Fsp3) is 0.615. The summed E-state index contributed by atoms with van der Waals surface area (Å²) in [4.78, 5) is 28.6. The molecule has 0 aliphatic heterocycles. The molecule has 32 heavy (non-hydrogen) atoms. The van der Waals surface area contributed by atoms with E-state index in [9.17, 15) is 19.8 Å². The maximum Gasteiger partial charge on any atom is 0.180 e. The normalized spacial score (nSPS) is 12.3. The lowest BCUT2D eigenvalue weighted by atomic mass is 9.88. The monoisotopic (exact) mass is 478 g/mol. The van der Waals surface area contributed by atoms with Crippen LogP contribution in [-0.4, -0.2) is 23.4 Å². The first-order valence-electron chi connectivity index (χ1n) is 11.5. The number of aliphatic hydroxyl groups is 2. The van der Waals surface area contributed by atoms with Crippen LogP contribution in [0.15, 0.2) is 33.9 Å². The Balaban J connectivity index is 1.98. The number of hydrogen-bond donors (Lipinski definition) is 2. The molecule has 6 heteroatoms. The third kappa shape index (κ3) is 9.65. The molecule has 2 N–H and O–H groups in total. The summed E-state index contributed by atoms with van der Waals surface area (Å²) in [7, 11) is 0. The lowest BCUT2D eigenvalue weighted by Crippen LogP contribution is -2.16. The fourth-order valence-corrected chi connectivity index (χ4v) is 5.83. The molecule has 0 aliphatic rings. The molecular formula is C26H38O4S2. The molecule has 0 saturated heterocycles. The molecule has 2 heterocycles. The van der Waals surface area contributed by atoms with Gasteiger partial charge in [0.2, 0.25) is 0 Å². The third-order valence-electron chi connectivity index (χ3n) is 5.76. The molecule has 0 aromatic carbocycles. The van der Waals surface area contributed by atoms with Gasteiger partial charge < -0.3 is 10.2 Å². The Labute approximate surface area is 200 Å². The maximum atomic E-state index is 12.2. The van der Waals surface area contributed by atoms with E-state index in [0.29, 0.717) is 0 Å². The minimum Gasteiger partial charge on any atom is -0.396 e. The van der Waals surface area contributed by atoms with Gasteiger partial charge in [0.05, 0.1) is 0 Å². The predicted octanol–water partition coefficient (Wildman–Crippen LogP) is 5.00. The van der Waals surface area contributed by atoms with Gasteiger partial charge in [-0.25, -0.2) is 0 Å². The zero-order chi connectivity index (χ0) is 23.8. The average molecular weight is 479 g/mol. The second-order valence-corrected chi connectivity index (χ2v) is 12.8. The molecule has 2 rings (SSSR count). The number of hydrogen-bond acceptors (Lipinski definition) is 6. The van der Waals surface area contributed by atoms with Crippen molar-refractivity contribution in [1.82, 2.24) is 0 Å². The van der Waals surface area contributed by atoms with Crippen molar-refractivity contribution >= 4 is 22.7 Å². The Bertz CT molecular complexity index is 893. The van der Waals surface area contributed by atoms with Crippen LogP contribution in [-0.2, 0) is 25.7 Å². The van der Waals surface area contributed by atoms with E-state index in [1.165, 1.54) is 0 Å². The average Bonchev–Trinajstić information content (AvgIpc) is 2.71. The van der Waals surface area contributed by atoms with Gasteiger partial charge in [0, 0.05) is 32.7 Å². The second kappa shape index (κ2) is 12.2. The van der Waals surface area contributed by atoms with E-state index in [0.717, 1.165) is 70.9 Å². The summed E-state index contributed by atoms with van der Waals surface area (Å²) >= 11 is 3.36. The smallest absolute Gasteiger partial charge is 0.180 e. The molecule has 0 spiro atoms. The van der Waals surface area contributed by atoms with Crippen LogP contribution in [0.3, 0.4) is 0 Å². The van der Waals surface area contributed by atoms with E-state index < -0.39 is 0 Å². The number of aryl methyl sites for hydroxylation is 4. The van der Waals surface area contributed by atoms with E-state index in [1.54, 1.807) is 46.9 Å². The van der Waals surface area contributed by atoms with E-state index in [2.05, 4.69) is 27.7 Å². The summed E-state index contributed by atoms with van der Waals surface area (Å²) in [6.45, 7) is 8.56. The van der Waals surface area contributed by atoms with E-state index in [-0.39, 0.29) is 34.9 Å². The van der Waals surface area contributed by atoms with Crippen LogP contribution in [0.2, 0.25) is 0 Å². The zero-order valence-electron chi connectivity index (χ0n) is 19.9. The Morgan fingerprint density at radius 3 is 1.25 bits per heavy atom. The fourth-order valence-electron chi connectivity index (χ4n) is 3.55. The van der Waals surface area contributed by atoms with Crippen LogP contribution in [0.4, 0.5) is 0 Å². The van der Waals surface area contributed by atoms with Crippen LogP contribution in [0.25, 0.3) is 0 Å². The Morgan fingerprint density at radius 2 is 0.938 bits per heavy atom. The molecule has 0 radical (unpaired) electrons. The van der Waals surface area contributed by atoms with Crippen molar-refractivity contribution < 1.29 is 10.2 Å². The molecule has 0 saturated carbocycles. The minimum atomic E-state index is -0.0845. The molecule has 0 amide bonds. The highest BCUT2D eigenvalue weighted by Gasteiger charge is 2.17. The molecule has 4 nitrogen and oxygen atoms in total. The SMILES string of the molecule is CC(C)(CO)CCCc1cc(=O)cc(CCc2cc(=O)cc(CCCC(C)(C)CO)s2)s1. The summed E-state index contributed by atoms with van der Waals surface area (Å²) < 4.78 is 0. The van der Waals surface area contributed by atoms with Crippen LogP contribution >= 0.6 is 22.7 Å². The van der Waals surface area contributed by atoms with Crippen LogP contribution in [0.5, 0.6) is 0 Å². The van der Waals surface area contributed by atoms with Gasteiger partial charge in [0.25, 0.3) is 0 Å². The maximum absolute atomic E-state index is 12.2. The summed E-state index contributed by atoms with van der Waals surface area (Å²) in [6, 6.07) is 6.89. The standard InChI is InChI=1S/C26H38O4S2/c1-25(2,17-27)11-5-7-21-13-19(29)15-23(31-21)9-10-24-16-20(30)14-22(32-24)8-6-12-26(3,4)18-28/h13-16,27-28H,5-12,17-18H2,1-4H3. The molecule has 0 unspecified atom stereocenters. The topological polar surface area (TPSA) is 74.6 Å². The van der Waals surface area contributed by atoms with Gasteiger partial charge in [-0.3, -0.25) is 9.59 Å². The molecule has 178 valence electrons. The lowest BCUT2D eigenvalue weighted by Gasteiger charge is -2.21. The molecular weight excluding hydrogens is 440 g/mol.